The van der Waals surface area contributed by atoms with E-state index in [2.05, 4.69) is 9.97 Å². The van der Waals surface area contributed by atoms with Crippen molar-refractivity contribution in [2.45, 2.75) is 25.2 Å². The molecule has 0 unspecified atom stereocenters. The Morgan fingerprint density at radius 1 is 0.897 bits per heavy atom. The van der Waals surface area contributed by atoms with Crippen molar-refractivity contribution in [1.82, 2.24) is 19.8 Å². The van der Waals surface area contributed by atoms with Crippen molar-refractivity contribution >= 4 is 11.8 Å². The minimum absolute atomic E-state index is 0.0145. The van der Waals surface area contributed by atoms with Gasteiger partial charge in [0, 0.05) is 56.8 Å². The number of ether oxygens (including phenoxy) is 1. The second-order valence-electron chi connectivity index (χ2n) is 7.51. The summed E-state index contributed by atoms with van der Waals surface area (Å²) in [4.78, 5) is 37.6. The number of nitrogens with zero attached hydrogens (tertiary/aromatic N) is 4. The standard InChI is InChI=1S/C22H26N4O3/c27-21(25-10-3-14-29-15-13-25)18-5-6-19(24-16-18)17-7-11-26(12-8-17)22(28)20-4-1-2-9-23-20/h1-2,4-6,9,16-17H,3,7-8,10-15H2. The molecule has 7 nitrogen and oxygen atoms in total. The zero-order valence-corrected chi connectivity index (χ0v) is 16.5. The van der Waals surface area contributed by atoms with E-state index in [1.54, 1.807) is 18.5 Å². The van der Waals surface area contributed by atoms with Gasteiger partial charge < -0.3 is 14.5 Å². The molecule has 29 heavy (non-hydrogen) atoms. The van der Waals surface area contributed by atoms with Crippen LogP contribution < -0.4 is 0 Å². The van der Waals surface area contributed by atoms with Crippen LogP contribution in [0.15, 0.2) is 42.7 Å². The number of amides is 2. The fourth-order valence-corrected chi connectivity index (χ4v) is 3.93. The lowest BCUT2D eigenvalue weighted by Crippen LogP contribution is -2.38. The summed E-state index contributed by atoms with van der Waals surface area (Å²) in [5, 5.41) is 0. The van der Waals surface area contributed by atoms with Crippen LogP contribution in [0.25, 0.3) is 0 Å². The highest BCUT2D eigenvalue weighted by atomic mass is 16.5. The van der Waals surface area contributed by atoms with E-state index in [1.807, 2.05) is 34.1 Å². The van der Waals surface area contributed by atoms with E-state index < -0.39 is 0 Å². The van der Waals surface area contributed by atoms with Crippen LogP contribution in [-0.4, -0.2) is 71.0 Å². The first-order valence-corrected chi connectivity index (χ1v) is 10.3. The van der Waals surface area contributed by atoms with E-state index in [4.69, 9.17) is 4.74 Å². The van der Waals surface area contributed by atoms with Gasteiger partial charge in [-0.25, -0.2) is 0 Å². The Balaban J connectivity index is 1.34. The Morgan fingerprint density at radius 2 is 1.72 bits per heavy atom. The summed E-state index contributed by atoms with van der Waals surface area (Å²) in [6.07, 6.45) is 5.93. The van der Waals surface area contributed by atoms with Gasteiger partial charge in [0.1, 0.15) is 5.69 Å². The summed E-state index contributed by atoms with van der Waals surface area (Å²) in [6.45, 7) is 4.04. The van der Waals surface area contributed by atoms with Crippen molar-refractivity contribution in [3.8, 4) is 0 Å². The molecule has 7 heteroatoms. The van der Waals surface area contributed by atoms with E-state index in [0.717, 1.165) is 31.5 Å². The van der Waals surface area contributed by atoms with E-state index in [9.17, 15) is 9.59 Å². The third-order valence-corrected chi connectivity index (χ3v) is 5.63. The number of rotatable bonds is 3. The molecule has 4 heterocycles. The zero-order valence-electron chi connectivity index (χ0n) is 16.5. The molecule has 0 radical (unpaired) electrons. The first-order chi connectivity index (χ1) is 14.2. The summed E-state index contributed by atoms with van der Waals surface area (Å²) >= 11 is 0. The fourth-order valence-electron chi connectivity index (χ4n) is 3.93. The van der Waals surface area contributed by atoms with Crippen LogP contribution in [0, 0.1) is 0 Å². The predicted molar refractivity (Wildman–Crippen MR) is 108 cm³/mol. The Kier molecular flexibility index (Phi) is 6.14. The first kappa shape index (κ1) is 19.5. The number of likely N-dealkylation sites (tertiary alicyclic amines) is 1. The van der Waals surface area contributed by atoms with Gasteiger partial charge in [0.05, 0.1) is 12.2 Å². The number of carbonyl (C=O) groups excluding carboxylic acids is 2. The monoisotopic (exact) mass is 394 g/mol. The van der Waals surface area contributed by atoms with Crippen molar-refractivity contribution in [3.05, 3.63) is 59.7 Å². The topological polar surface area (TPSA) is 75.6 Å². The Morgan fingerprint density at radius 3 is 2.45 bits per heavy atom. The van der Waals surface area contributed by atoms with Gasteiger partial charge in [0.2, 0.25) is 0 Å². The van der Waals surface area contributed by atoms with Gasteiger partial charge in [-0.3, -0.25) is 19.6 Å². The molecule has 2 aliphatic heterocycles. The molecule has 4 rings (SSSR count). The second kappa shape index (κ2) is 9.13. The van der Waals surface area contributed by atoms with Gasteiger partial charge >= 0.3 is 0 Å². The zero-order chi connectivity index (χ0) is 20.1. The van der Waals surface area contributed by atoms with Crippen LogP contribution in [0.3, 0.4) is 0 Å². The maximum Gasteiger partial charge on any atom is 0.272 e. The molecule has 2 aliphatic rings. The van der Waals surface area contributed by atoms with Crippen molar-refractivity contribution in [3.63, 3.8) is 0 Å². The Bertz CT molecular complexity index is 825. The predicted octanol–water partition coefficient (Wildman–Crippen LogP) is 2.36. The largest absolute Gasteiger partial charge is 0.380 e. The van der Waals surface area contributed by atoms with Crippen molar-refractivity contribution in [2.75, 3.05) is 39.4 Å². The molecule has 2 aromatic rings. The lowest BCUT2D eigenvalue weighted by Gasteiger charge is -2.31. The van der Waals surface area contributed by atoms with Crippen molar-refractivity contribution in [2.24, 2.45) is 0 Å². The maximum atomic E-state index is 12.7. The third kappa shape index (κ3) is 4.62. The Labute approximate surface area is 170 Å². The molecule has 0 atom stereocenters. The quantitative estimate of drug-likeness (QED) is 0.799. The van der Waals surface area contributed by atoms with E-state index in [-0.39, 0.29) is 11.8 Å². The summed E-state index contributed by atoms with van der Waals surface area (Å²) in [5.41, 5.74) is 2.11. The molecule has 2 amide bonds. The minimum Gasteiger partial charge on any atom is -0.380 e. The molecule has 0 bridgehead atoms. The lowest BCUT2D eigenvalue weighted by atomic mass is 9.92. The summed E-state index contributed by atoms with van der Waals surface area (Å²) in [6, 6.07) is 9.23. The molecular weight excluding hydrogens is 368 g/mol. The van der Waals surface area contributed by atoms with Crippen LogP contribution in [0.1, 0.15) is 51.7 Å². The molecule has 0 spiro atoms. The van der Waals surface area contributed by atoms with Gasteiger partial charge in [-0.2, -0.15) is 0 Å². The van der Waals surface area contributed by atoms with Crippen LogP contribution in [0.2, 0.25) is 0 Å². The third-order valence-electron chi connectivity index (χ3n) is 5.63. The highest BCUT2D eigenvalue weighted by molar-refractivity contribution is 5.94. The second-order valence-corrected chi connectivity index (χ2v) is 7.51. The number of pyridine rings is 2. The lowest BCUT2D eigenvalue weighted by molar-refractivity contribution is 0.0704. The van der Waals surface area contributed by atoms with Crippen molar-refractivity contribution < 1.29 is 14.3 Å². The maximum absolute atomic E-state index is 12.7. The molecule has 2 aromatic heterocycles. The summed E-state index contributed by atoms with van der Waals surface area (Å²) in [7, 11) is 0. The van der Waals surface area contributed by atoms with Crippen LogP contribution in [0.4, 0.5) is 0 Å². The first-order valence-electron chi connectivity index (χ1n) is 10.3. The highest BCUT2D eigenvalue weighted by Crippen LogP contribution is 2.27. The van der Waals surface area contributed by atoms with Crippen LogP contribution in [-0.2, 0) is 4.74 Å². The summed E-state index contributed by atoms with van der Waals surface area (Å²) in [5.74, 6) is 0.309. The summed E-state index contributed by atoms with van der Waals surface area (Å²) < 4.78 is 5.42. The van der Waals surface area contributed by atoms with Gasteiger partial charge in [-0.1, -0.05) is 6.07 Å². The fraction of sp³-hybridized carbons (Fsp3) is 0.455. The highest BCUT2D eigenvalue weighted by Gasteiger charge is 2.26. The van der Waals surface area contributed by atoms with Gasteiger partial charge in [-0.15, -0.1) is 0 Å². The van der Waals surface area contributed by atoms with Crippen molar-refractivity contribution in [1.29, 1.82) is 0 Å². The van der Waals surface area contributed by atoms with Crippen LogP contribution >= 0.6 is 0 Å². The molecule has 152 valence electrons. The molecule has 2 saturated heterocycles. The Hall–Kier alpha value is -2.80. The molecule has 0 aromatic carbocycles. The normalized spacial score (nSPS) is 18.3. The van der Waals surface area contributed by atoms with Gasteiger partial charge in [0.25, 0.3) is 11.8 Å². The van der Waals surface area contributed by atoms with E-state index >= 15 is 0 Å². The van der Waals surface area contributed by atoms with Gasteiger partial charge in [-0.05, 0) is 43.5 Å². The van der Waals surface area contributed by atoms with Crippen LogP contribution in [0.5, 0.6) is 0 Å². The molecule has 0 aliphatic carbocycles. The smallest absolute Gasteiger partial charge is 0.272 e. The number of hydrogen-bond acceptors (Lipinski definition) is 5. The molecular formula is C22H26N4O3. The van der Waals surface area contributed by atoms with E-state index in [0.29, 0.717) is 50.0 Å². The number of aromatic nitrogens is 2. The molecule has 0 saturated carbocycles. The molecule has 0 N–H and O–H groups in total. The number of hydrogen-bond donors (Lipinski definition) is 0. The average molecular weight is 394 g/mol. The number of carbonyl (C=O) groups is 2. The number of piperidine rings is 1. The SMILES string of the molecule is O=C(c1ccc(C2CCN(C(=O)c3ccccn3)CC2)nc1)N1CCCOCC1. The minimum atomic E-state index is -0.0145. The average Bonchev–Trinajstić information content (AvgIpc) is 3.09. The van der Waals surface area contributed by atoms with Gasteiger partial charge in [0.15, 0.2) is 0 Å². The van der Waals surface area contributed by atoms with E-state index in [1.165, 1.54) is 0 Å². The molecule has 2 fully saturated rings.